The van der Waals surface area contributed by atoms with Crippen molar-refractivity contribution in [1.29, 1.82) is 0 Å². The fraction of sp³-hybridized carbons (Fsp3) is 0.750. The van der Waals surface area contributed by atoms with E-state index in [1.165, 1.54) is 17.7 Å². The van der Waals surface area contributed by atoms with Crippen molar-refractivity contribution in [3.63, 3.8) is 0 Å². The van der Waals surface area contributed by atoms with Crippen LogP contribution >= 0.6 is 11.3 Å². The lowest BCUT2D eigenvalue weighted by atomic mass is 9.74. The molecule has 1 fully saturated rings. The first kappa shape index (κ1) is 15.0. The van der Waals surface area contributed by atoms with Crippen LogP contribution in [0.5, 0.6) is 0 Å². The van der Waals surface area contributed by atoms with Crippen LogP contribution in [0.1, 0.15) is 50.8 Å². The predicted octanol–water partition coefficient (Wildman–Crippen LogP) is 4.03. The third-order valence-electron chi connectivity index (χ3n) is 4.27. The summed E-state index contributed by atoms with van der Waals surface area (Å²) in [4.78, 5) is 1.36. The Balaban J connectivity index is 1.97. The third kappa shape index (κ3) is 3.80. The monoisotopic (exact) mass is 282 g/mol. The molecule has 0 amide bonds. The van der Waals surface area contributed by atoms with Crippen LogP contribution in [0.25, 0.3) is 0 Å². The molecule has 3 atom stereocenters. The van der Waals surface area contributed by atoms with Crippen molar-refractivity contribution < 1.29 is 9.84 Å². The molecule has 2 nitrogen and oxygen atoms in total. The normalized spacial score (nSPS) is 29.3. The van der Waals surface area contributed by atoms with Gasteiger partial charge in [0, 0.05) is 11.5 Å². The molecule has 0 bridgehead atoms. The van der Waals surface area contributed by atoms with Gasteiger partial charge in [-0.2, -0.15) is 0 Å². The molecule has 3 heteroatoms. The van der Waals surface area contributed by atoms with Crippen LogP contribution in [0.2, 0.25) is 0 Å². The van der Waals surface area contributed by atoms with Gasteiger partial charge < -0.3 is 9.84 Å². The van der Waals surface area contributed by atoms with E-state index in [1.54, 1.807) is 11.3 Å². The molecule has 0 spiro atoms. The summed E-state index contributed by atoms with van der Waals surface area (Å²) in [5.74, 6) is 0.664. The van der Waals surface area contributed by atoms with Gasteiger partial charge in [-0.25, -0.2) is 0 Å². The zero-order valence-electron chi connectivity index (χ0n) is 12.1. The summed E-state index contributed by atoms with van der Waals surface area (Å²) in [6, 6.07) is 4.22. The summed E-state index contributed by atoms with van der Waals surface area (Å²) in [5, 5.41) is 12.8. The van der Waals surface area contributed by atoms with Gasteiger partial charge >= 0.3 is 0 Å². The summed E-state index contributed by atoms with van der Waals surface area (Å²) in [6.45, 7) is 5.01. The Bertz CT molecular complexity index is 359. The number of hydrogen-bond donors (Lipinski definition) is 1. The molecular weight excluding hydrogens is 256 g/mol. The van der Waals surface area contributed by atoms with Crippen molar-refractivity contribution in [2.75, 3.05) is 6.61 Å². The van der Waals surface area contributed by atoms with Gasteiger partial charge in [-0.05, 0) is 50.0 Å². The van der Waals surface area contributed by atoms with E-state index < -0.39 is 0 Å². The topological polar surface area (TPSA) is 29.5 Å². The van der Waals surface area contributed by atoms with Crippen LogP contribution in [0.15, 0.2) is 17.5 Å². The molecule has 108 valence electrons. The zero-order chi connectivity index (χ0) is 13.7. The molecule has 19 heavy (non-hydrogen) atoms. The number of rotatable bonds is 6. The second-order valence-electron chi connectivity index (χ2n) is 5.83. The van der Waals surface area contributed by atoms with E-state index in [0.29, 0.717) is 12.5 Å². The van der Waals surface area contributed by atoms with Gasteiger partial charge in [0.15, 0.2) is 0 Å². The Labute approximate surface area is 120 Å². The van der Waals surface area contributed by atoms with Crippen LogP contribution in [0, 0.1) is 5.92 Å². The van der Waals surface area contributed by atoms with Crippen molar-refractivity contribution in [2.45, 2.75) is 64.1 Å². The molecule has 0 saturated heterocycles. The molecular formula is C16H26O2S. The second kappa shape index (κ2) is 6.87. The Kier molecular flexibility index (Phi) is 5.43. The highest BCUT2D eigenvalue weighted by atomic mass is 32.1. The molecule has 1 N–H and O–H groups in total. The van der Waals surface area contributed by atoms with Crippen LogP contribution in [0.4, 0.5) is 0 Å². The van der Waals surface area contributed by atoms with Crippen LogP contribution in [-0.4, -0.2) is 23.4 Å². The van der Waals surface area contributed by atoms with E-state index in [2.05, 4.69) is 24.4 Å². The van der Waals surface area contributed by atoms with Crippen molar-refractivity contribution in [3.8, 4) is 0 Å². The maximum Gasteiger partial charge on any atom is 0.0942 e. The van der Waals surface area contributed by atoms with E-state index in [9.17, 15) is 5.11 Å². The standard InChI is InChI=1S/C16H26O2S/c1-3-18-16(10-4-6-13(2)12-16)15(17)9-8-14-7-5-11-19-14/h5,7,11,13,15,17H,3-4,6,8-10,12H2,1-2H3. The van der Waals surface area contributed by atoms with E-state index >= 15 is 0 Å². The fourth-order valence-corrected chi connectivity index (χ4v) is 4.08. The lowest BCUT2D eigenvalue weighted by Crippen LogP contribution is -2.48. The smallest absolute Gasteiger partial charge is 0.0942 e. The van der Waals surface area contributed by atoms with Gasteiger partial charge in [0.2, 0.25) is 0 Å². The average Bonchev–Trinajstić information content (AvgIpc) is 2.89. The SMILES string of the molecule is CCOC1(C(O)CCc2cccs2)CCCC(C)C1. The average molecular weight is 282 g/mol. The lowest BCUT2D eigenvalue weighted by Gasteiger charge is -2.43. The quantitative estimate of drug-likeness (QED) is 0.853. The van der Waals surface area contributed by atoms with Gasteiger partial charge in [0.1, 0.15) is 0 Å². The zero-order valence-corrected chi connectivity index (χ0v) is 12.9. The number of thiophene rings is 1. The minimum absolute atomic E-state index is 0.288. The van der Waals surface area contributed by atoms with Gasteiger partial charge in [-0.15, -0.1) is 11.3 Å². The van der Waals surface area contributed by atoms with E-state index in [4.69, 9.17) is 4.74 Å². The number of hydrogen-bond acceptors (Lipinski definition) is 3. The van der Waals surface area contributed by atoms with Crippen LogP contribution in [-0.2, 0) is 11.2 Å². The predicted molar refractivity (Wildman–Crippen MR) is 80.6 cm³/mol. The Morgan fingerprint density at radius 2 is 2.42 bits per heavy atom. The molecule has 0 aromatic carbocycles. The number of aliphatic hydroxyl groups is 1. The van der Waals surface area contributed by atoms with E-state index in [-0.39, 0.29) is 11.7 Å². The lowest BCUT2D eigenvalue weighted by molar-refractivity contribution is -0.149. The first-order valence-corrected chi connectivity index (χ1v) is 8.38. The van der Waals surface area contributed by atoms with Gasteiger partial charge in [0.05, 0.1) is 11.7 Å². The number of ether oxygens (including phenoxy) is 1. The van der Waals surface area contributed by atoms with Crippen molar-refractivity contribution in [1.82, 2.24) is 0 Å². The van der Waals surface area contributed by atoms with Crippen LogP contribution in [0.3, 0.4) is 0 Å². The molecule has 1 aromatic rings. The third-order valence-corrected chi connectivity index (χ3v) is 5.21. The highest BCUT2D eigenvalue weighted by Gasteiger charge is 2.41. The van der Waals surface area contributed by atoms with Crippen molar-refractivity contribution in [3.05, 3.63) is 22.4 Å². The van der Waals surface area contributed by atoms with Gasteiger partial charge in [-0.1, -0.05) is 25.8 Å². The molecule has 0 aliphatic heterocycles. The molecule has 1 aliphatic rings. The summed E-state index contributed by atoms with van der Waals surface area (Å²) in [6.07, 6.45) is 5.90. The first-order chi connectivity index (χ1) is 9.16. The molecule has 2 rings (SSSR count). The van der Waals surface area contributed by atoms with Gasteiger partial charge in [-0.3, -0.25) is 0 Å². The van der Waals surface area contributed by atoms with Crippen LogP contribution < -0.4 is 0 Å². The minimum atomic E-state index is -0.336. The van der Waals surface area contributed by atoms with Gasteiger partial charge in [0.25, 0.3) is 0 Å². The number of aliphatic hydroxyl groups excluding tert-OH is 1. The van der Waals surface area contributed by atoms with E-state index in [1.807, 2.05) is 6.92 Å². The first-order valence-electron chi connectivity index (χ1n) is 7.50. The Morgan fingerprint density at radius 3 is 3.05 bits per heavy atom. The molecule has 1 saturated carbocycles. The molecule has 0 radical (unpaired) electrons. The van der Waals surface area contributed by atoms with E-state index in [0.717, 1.165) is 25.7 Å². The Hall–Kier alpha value is -0.380. The highest BCUT2D eigenvalue weighted by Crippen LogP contribution is 2.39. The maximum absolute atomic E-state index is 10.7. The fourth-order valence-electron chi connectivity index (χ4n) is 3.36. The number of aryl methyl sites for hydroxylation is 1. The van der Waals surface area contributed by atoms with Crippen molar-refractivity contribution in [2.24, 2.45) is 5.92 Å². The summed E-state index contributed by atoms with van der Waals surface area (Å²) in [5.41, 5.74) is -0.288. The summed E-state index contributed by atoms with van der Waals surface area (Å²) < 4.78 is 6.03. The largest absolute Gasteiger partial charge is 0.390 e. The maximum atomic E-state index is 10.7. The summed E-state index contributed by atoms with van der Waals surface area (Å²) >= 11 is 1.77. The molecule has 1 aromatic heterocycles. The molecule has 3 unspecified atom stereocenters. The second-order valence-corrected chi connectivity index (χ2v) is 6.87. The molecule has 1 aliphatic carbocycles. The molecule has 1 heterocycles. The van der Waals surface area contributed by atoms with Crippen molar-refractivity contribution >= 4 is 11.3 Å². The Morgan fingerprint density at radius 1 is 1.58 bits per heavy atom. The summed E-state index contributed by atoms with van der Waals surface area (Å²) in [7, 11) is 0. The minimum Gasteiger partial charge on any atom is -0.390 e. The highest BCUT2D eigenvalue weighted by molar-refractivity contribution is 7.09.